The van der Waals surface area contributed by atoms with Crippen molar-refractivity contribution in [3.63, 3.8) is 0 Å². The van der Waals surface area contributed by atoms with Gasteiger partial charge in [-0.05, 0) is 67.6 Å². The second-order valence-electron chi connectivity index (χ2n) is 8.24. The number of nitrogens with zero attached hydrogens (tertiary/aromatic N) is 1. The third-order valence-corrected chi connectivity index (χ3v) is 7.50. The predicted octanol–water partition coefficient (Wildman–Crippen LogP) is 4.02. The van der Waals surface area contributed by atoms with Crippen molar-refractivity contribution in [3.8, 4) is 0 Å². The quantitative estimate of drug-likeness (QED) is 0.746. The predicted molar refractivity (Wildman–Crippen MR) is 118 cm³/mol. The third-order valence-electron chi connectivity index (χ3n) is 6.34. The van der Waals surface area contributed by atoms with Crippen LogP contribution in [0.25, 0.3) is 0 Å². The number of benzene rings is 2. The zero-order valence-electron chi connectivity index (χ0n) is 16.5. The maximum absolute atomic E-state index is 11.4. The fourth-order valence-corrected chi connectivity index (χ4v) is 5.51. The van der Waals surface area contributed by atoms with E-state index < -0.39 is 10.0 Å². The van der Waals surface area contributed by atoms with Crippen LogP contribution in [0.15, 0.2) is 53.4 Å². The minimum atomic E-state index is -3.65. The minimum absolute atomic E-state index is 0.0366. The Kier molecular flexibility index (Phi) is 5.89. The van der Waals surface area contributed by atoms with Crippen molar-refractivity contribution in [3.05, 3.63) is 59.1 Å². The number of sulfonamides is 1. The van der Waals surface area contributed by atoms with Crippen molar-refractivity contribution in [2.45, 2.75) is 55.0 Å². The molecule has 1 saturated carbocycles. The fraction of sp³-hybridized carbons (Fsp3) is 0.455. The molecular formula is C22H28ClN3O2S. The molecule has 1 aliphatic heterocycles. The Morgan fingerprint density at radius 3 is 2.28 bits per heavy atom. The number of nitrogens with one attached hydrogen (secondary N) is 1. The van der Waals surface area contributed by atoms with Crippen LogP contribution in [0.1, 0.15) is 44.1 Å². The van der Waals surface area contributed by atoms with Crippen molar-refractivity contribution in [2.75, 3.05) is 18.0 Å². The van der Waals surface area contributed by atoms with Crippen molar-refractivity contribution in [2.24, 2.45) is 5.14 Å². The molecule has 156 valence electrons. The van der Waals surface area contributed by atoms with E-state index in [2.05, 4.69) is 22.3 Å². The van der Waals surface area contributed by atoms with Gasteiger partial charge in [-0.1, -0.05) is 36.6 Å². The summed E-state index contributed by atoms with van der Waals surface area (Å²) < 4.78 is 22.9. The summed E-state index contributed by atoms with van der Waals surface area (Å²) in [4.78, 5) is 2.47. The van der Waals surface area contributed by atoms with Gasteiger partial charge in [-0.2, -0.15) is 0 Å². The van der Waals surface area contributed by atoms with Gasteiger partial charge >= 0.3 is 0 Å². The van der Waals surface area contributed by atoms with Gasteiger partial charge in [0.05, 0.1) is 4.90 Å². The van der Waals surface area contributed by atoms with Crippen LogP contribution in [0, 0.1) is 0 Å². The zero-order chi connectivity index (χ0) is 20.5. The van der Waals surface area contributed by atoms with Crippen molar-refractivity contribution < 1.29 is 8.42 Å². The Balaban J connectivity index is 1.41. The van der Waals surface area contributed by atoms with Gasteiger partial charge < -0.3 is 10.2 Å². The second-order valence-corrected chi connectivity index (χ2v) is 10.2. The molecule has 1 aliphatic carbocycles. The number of halogens is 1. The number of hydrogen-bond acceptors (Lipinski definition) is 4. The average molecular weight is 434 g/mol. The van der Waals surface area contributed by atoms with E-state index in [0.717, 1.165) is 49.5 Å². The van der Waals surface area contributed by atoms with Crippen LogP contribution in [-0.2, 0) is 15.6 Å². The molecule has 4 rings (SSSR count). The van der Waals surface area contributed by atoms with Gasteiger partial charge in [-0.3, -0.25) is 0 Å². The monoisotopic (exact) mass is 433 g/mol. The Bertz CT molecular complexity index is 948. The van der Waals surface area contributed by atoms with E-state index in [1.165, 1.54) is 18.4 Å². The molecule has 0 atom stereocenters. The summed E-state index contributed by atoms with van der Waals surface area (Å²) in [6.07, 6.45) is 6.91. The molecule has 1 heterocycles. The first-order valence-corrected chi connectivity index (χ1v) is 12.2. The lowest BCUT2D eigenvalue weighted by Gasteiger charge is -2.40. The molecule has 7 heteroatoms. The summed E-state index contributed by atoms with van der Waals surface area (Å²) in [5, 5.41) is 9.99. The van der Waals surface area contributed by atoms with Gasteiger partial charge in [0.1, 0.15) is 0 Å². The molecule has 2 aromatic rings. The minimum Gasteiger partial charge on any atom is -0.371 e. The summed E-state index contributed by atoms with van der Waals surface area (Å²) in [5.74, 6) is 0. The molecular weight excluding hydrogens is 406 g/mol. The summed E-state index contributed by atoms with van der Waals surface area (Å²) in [6, 6.07) is 15.6. The second kappa shape index (κ2) is 8.26. The van der Waals surface area contributed by atoms with Crippen molar-refractivity contribution in [1.82, 2.24) is 5.32 Å². The molecule has 0 radical (unpaired) electrons. The standard InChI is InChI=1S/C22H28ClN3O2S/c23-18-5-3-4-17(16-18)22(12-1-2-13-22)25-19-10-14-26(15-11-19)20-6-8-21(9-7-20)29(24,27)28/h3-9,16,19,25H,1-2,10-15H2,(H2,24,27,28). The molecule has 0 unspecified atom stereocenters. The lowest BCUT2D eigenvalue weighted by Crippen LogP contribution is -2.50. The van der Waals surface area contributed by atoms with E-state index in [1.54, 1.807) is 12.1 Å². The van der Waals surface area contributed by atoms with E-state index in [0.29, 0.717) is 6.04 Å². The van der Waals surface area contributed by atoms with E-state index in [9.17, 15) is 8.42 Å². The molecule has 29 heavy (non-hydrogen) atoms. The number of hydrogen-bond donors (Lipinski definition) is 2. The molecule has 2 aliphatic rings. The molecule has 5 nitrogen and oxygen atoms in total. The van der Waals surface area contributed by atoms with Gasteiger partial charge in [0.15, 0.2) is 0 Å². The highest BCUT2D eigenvalue weighted by Crippen LogP contribution is 2.40. The van der Waals surface area contributed by atoms with Crippen LogP contribution in [0.5, 0.6) is 0 Å². The first-order valence-electron chi connectivity index (χ1n) is 10.3. The first kappa shape index (κ1) is 20.7. The molecule has 3 N–H and O–H groups in total. The van der Waals surface area contributed by atoms with Crippen LogP contribution in [0.2, 0.25) is 5.02 Å². The molecule has 0 aromatic heterocycles. The lowest BCUT2D eigenvalue weighted by molar-refractivity contribution is 0.266. The van der Waals surface area contributed by atoms with Crippen LogP contribution < -0.4 is 15.4 Å². The van der Waals surface area contributed by atoms with Gasteiger partial charge in [-0.25, -0.2) is 13.6 Å². The molecule has 0 spiro atoms. The van der Waals surface area contributed by atoms with Crippen LogP contribution >= 0.6 is 11.6 Å². The number of primary sulfonamides is 1. The smallest absolute Gasteiger partial charge is 0.238 e. The topological polar surface area (TPSA) is 75.4 Å². The number of anilines is 1. The van der Waals surface area contributed by atoms with Crippen molar-refractivity contribution in [1.29, 1.82) is 0 Å². The number of rotatable bonds is 5. The molecule has 1 saturated heterocycles. The molecule has 2 fully saturated rings. The lowest BCUT2D eigenvalue weighted by atomic mass is 9.86. The highest BCUT2D eigenvalue weighted by atomic mass is 35.5. The van der Waals surface area contributed by atoms with Crippen LogP contribution in [-0.4, -0.2) is 27.5 Å². The van der Waals surface area contributed by atoms with Gasteiger partial charge in [0.2, 0.25) is 10.0 Å². The maximum atomic E-state index is 11.4. The summed E-state index contributed by atoms with van der Waals surface area (Å²) >= 11 is 6.27. The van der Waals surface area contributed by atoms with Gasteiger partial charge in [0.25, 0.3) is 0 Å². The highest BCUT2D eigenvalue weighted by molar-refractivity contribution is 7.89. The van der Waals surface area contributed by atoms with E-state index in [1.807, 2.05) is 24.3 Å². The van der Waals surface area contributed by atoms with Gasteiger partial charge in [-0.15, -0.1) is 0 Å². The number of piperidine rings is 1. The summed E-state index contributed by atoms with van der Waals surface area (Å²) in [6.45, 7) is 1.88. The Morgan fingerprint density at radius 1 is 1.03 bits per heavy atom. The molecule has 0 bridgehead atoms. The van der Waals surface area contributed by atoms with E-state index in [4.69, 9.17) is 16.7 Å². The average Bonchev–Trinajstić information content (AvgIpc) is 3.18. The zero-order valence-corrected chi connectivity index (χ0v) is 18.1. The van der Waals surface area contributed by atoms with Crippen LogP contribution in [0.4, 0.5) is 5.69 Å². The largest absolute Gasteiger partial charge is 0.371 e. The van der Waals surface area contributed by atoms with Crippen molar-refractivity contribution >= 4 is 27.3 Å². The molecule has 2 aromatic carbocycles. The number of nitrogens with two attached hydrogens (primary N) is 1. The highest BCUT2D eigenvalue weighted by Gasteiger charge is 2.38. The summed E-state index contributed by atoms with van der Waals surface area (Å²) in [7, 11) is -3.65. The Labute approximate surface area is 178 Å². The molecule has 0 amide bonds. The summed E-state index contributed by atoms with van der Waals surface area (Å²) in [5.41, 5.74) is 2.39. The van der Waals surface area contributed by atoms with Crippen LogP contribution in [0.3, 0.4) is 0 Å². The maximum Gasteiger partial charge on any atom is 0.238 e. The van der Waals surface area contributed by atoms with E-state index in [-0.39, 0.29) is 10.4 Å². The van der Waals surface area contributed by atoms with E-state index >= 15 is 0 Å². The first-order chi connectivity index (χ1) is 13.9. The van der Waals surface area contributed by atoms with Gasteiger partial charge in [0, 0.05) is 35.4 Å². The normalized spacial score (nSPS) is 20.1. The SMILES string of the molecule is NS(=O)(=O)c1ccc(N2CCC(NC3(c4cccc(Cl)c4)CCCC3)CC2)cc1. The Morgan fingerprint density at radius 2 is 1.69 bits per heavy atom. The Hall–Kier alpha value is -1.60. The third kappa shape index (κ3) is 4.61. The fourth-order valence-electron chi connectivity index (χ4n) is 4.80.